The van der Waals surface area contributed by atoms with Crippen molar-refractivity contribution in [1.82, 2.24) is 0 Å². The molecule has 1 aliphatic carbocycles. The number of hydrogen-bond acceptors (Lipinski definition) is 12. The topological polar surface area (TPSA) is 264 Å². The third kappa shape index (κ3) is 7.15. The first kappa shape index (κ1) is 28.0. The Hall–Kier alpha value is -4.20. The highest BCUT2D eigenvalue weighted by Gasteiger charge is 2.49. The second-order valence-electron chi connectivity index (χ2n) is 7.51. The number of hydrogen-bond donors (Lipinski definition) is 1. The predicted octanol–water partition coefficient (Wildman–Crippen LogP) is 2.19. The molecule has 36 heavy (non-hydrogen) atoms. The number of ether oxygens (including phenoxy) is 5. The summed E-state index contributed by atoms with van der Waals surface area (Å²) in [7, 11) is 0. The van der Waals surface area contributed by atoms with Crippen molar-refractivity contribution in [1.29, 1.82) is 0 Å². The molecule has 1 fully saturated rings. The fourth-order valence-corrected chi connectivity index (χ4v) is 3.62. The first-order valence-electron chi connectivity index (χ1n) is 10.5. The van der Waals surface area contributed by atoms with Crippen LogP contribution in [0.1, 0.15) is 33.6 Å². The average Bonchev–Trinajstić information content (AvgIpc) is 2.80. The van der Waals surface area contributed by atoms with E-state index in [-0.39, 0.29) is 12.8 Å². The van der Waals surface area contributed by atoms with Crippen molar-refractivity contribution in [2.45, 2.75) is 82.4 Å². The molecule has 0 radical (unpaired) electrons. The lowest BCUT2D eigenvalue weighted by Gasteiger charge is -2.43. The van der Waals surface area contributed by atoms with Crippen LogP contribution in [0.2, 0.25) is 0 Å². The zero-order valence-electron chi connectivity index (χ0n) is 19.3. The molecule has 18 heteroatoms. The lowest BCUT2D eigenvalue weighted by atomic mass is 9.84. The standard InChI is InChI=1S/C18H23N9O9/c1-4-12(30)34-13-6-11(32-7(2)28)14(24-27-21)18(35-13)36-17-10(23-26-20)5-9(22-25-19)16(15(17)31)33-8(3)29/h6,9-11,14-18,31H,4-5H2,1-3H3/t9-,10+,11+,14-,15-,16+,17-,18-/m1/s1. The van der Waals surface area contributed by atoms with Gasteiger partial charge in [0.25, 0.3) is 5.95 Å². The van der Waals surface area contributed by atoms with Gasteiger partial charge in [-0.15, -0.1) is 0 Å². The minimum atomic E-state index is -1.72. The molecule has 2 rings (SSSR count). The van der Waals surface area contributed by atoms with Gasteiger partial charge in [0, 0.05) is 41.1 Å². The Bertz CT molecular complexity index is 1030. The maximum atomic E-state index is 11.8. The molecule has 0 aromatic heterocycles. The molecular weight excluding hydrogens is 486 g/mol. The molecule has 8 atom stereocenters. The zero-order chi connectivity index (χ0) is 26.8. The summed E-state index contributed by atoms with van der Waals surface area (Å²) in [5.41, 5.74) is 26.9. The third-order valence-electron chi connectivity index (χ3n) is 5.05. The van der Waals surface area contributed by atoms with Crippen molar-refractivity contribution < 1.29 is 43.2 Å². The molecule has 0 saturated heterocycles. The summed E-state index contributed by atoms with van der Waals surface area (Å²) in [4.78, 5) is 43.1. The minimum Gasteiger partial charge on any atom is -0.459 e. The summed E-state index contributed by atoms with van der Waals surface area (Å²) in [5, 5.41) is 21.6. The molecule has 2 aliphatic rings. The zero-order valence-corrected chi connectivity index (χ0v) is 19.3. The Morgan fingerprint density at radius 1 is 1.03 bits per heavy atom. The van der Waals surface area contributed by atoms with Crippen LogP contribution in [0, 0.1) is 0 Å². The summed E-state index contributed by atoms with van der Waals surface area (Å²) < 4.78 is 26.6. The third-order valence-corrected chi connectivity index (χ3v) is 5.05. The molecule has 0 bridgehead atoms. The van der Waals surface area contributed by atoms with Gasteiger partial charge in [-0.25, -0.2) is 0 Å². The smallest absolute Gasteiger partial charge is 0.313 e. The number of esters is 3. The second kappa shape index (κ2) is 13.0. The lowest BCUT2D eigenvalue weighted by molar-refractivity contribution is -0.241. The number of aliphatic hydroxyl groups excluding tert-OH is 1. The molecule has 0 amide bonds. The van der Waals surface area contributed by atoms with E-state index in [1.54, 1.807) is 0 Å². The average molecular weight is 509 g/mol. The van der Waals surface area contributed by atoms with E-state index < -0.39 is 72.7 Å². The Kier molecular flexibility index (Phi) is 10.2. The number of nitrogens with zero attached hydrogens (tertiary/aromatic N) is 9. The first-order valence-corrected chi connectivity index (χ1v) is 10.5. The molecule has 0 aromatic rings. The molecule has 1 N–H and O–H groups in total. The SMILES string of the molecule is CCC(=O)OC1=C[C@H](OC(C)=O)[C@@H](N=[N+]=[N-])[C@@H](O[C@H]2[C@H](O)[C@@H](OC(C)=O)[C@H](N=[N+]=[N-])C[C@@H]2N=[N+]=[N-])O1. The van der Waals surface area contributed by atoms with Gasteiger partial charge >= 0.3 is 17.9 Å². The highest BCUT2D eigenvalue weighted by Crippen LogP contribution is 2.34. The summed E-state index contributed by atoms with van der Waals surface area (Å²) in [5.74, 6) is -2.71. The maximum absolute atomic E-state index is 11.8. The molecule has 0 aromatic carbocycles. The van der Waals surface area contributed by atoms with Gasteiger partial charge in [-0.05, 0) is 23.0 Å². The van der Waals surface area contributed by atoms with Crippen LogP contribution in [0.5, 0.6) is 0 Å². The molecule has 18 nitrogen and oxygen atoms in total. The molecule has 0 unspecified atom stereocenters. The molecule has 1 aliphatic heterocycles. The van der Waals surface area contributed by atoms with Gasteiger partial charge in [-0.1, -0.05) is 22.3 Å². The maximum Gasteiger partial charge on any atom is 0.313 e. The van der Waals surface area contributed by atoms with E-state index in [1.165, 1.54) is 6.92 Å². The molecule has 194 valence electrons. The fourth-order valence-electron chi connectivity index (χ4n) is 3.62. The highest BCUT2D eigenvalue weighted by molar-refractivity contribution is 5.70. The van der Waals surface area contributed by atoms with Gasteiger partial charge in [0.2, 0.25) is 6.29 Å². The quantitative estimate of drug-likeness (QED) is 0.156. The van der Waals surface area contributed by atoms with E-state index in [9.17, 15) is 19.5 Å². The molecule has 1 saturated carbocycles. The Morgan fingerprint density at radius 3 is 2.14 bits per heavy atom. The van der Waals surface area contributed by atoms with E-state index in [2.05, 4.69) is 30.1 Å². The monoisotopic (exact) mass is 509 g/mol. The van der Waals surface area contributed by atoms with Crippen LogP contribution in [0.15, 0.2) is 27.4 Å². The van der Waals surface area contributed by atoms with Gasteiger partial charge in [0.05, 0.1) is 18.2 Å². The van der Waals surface area contributed by atoms with E-state index in [0.29, 0.717) is 0 Å². The number of rotatable bonds is 9. The van der Waals surface area contributed by atoms with Crippen molar-refractivity contribution in [3.8, 4) is 0 Å². The Labute approximate surface area is 202 Å². The van der Waals surface area contributed by atoms with Gasteiger partial charge in [0.1, 0.15) is 24.4 Å². The summed E-state index contributed by atoms with van der Waals surface area (Å²) in [6.45, 7) is 3.68. The largest absolute Gasteiger partial charge is 0.459 e. The summed E-state index contributed by atoms with van der Waals surface area (Å²) in [6, 6.07) is -3.68. The molecule has 0 spiro atoms. The van der Waals surface area contributed by atoms with Gasteiger partial charge in [0.15, 0.2) is 0 Å². The van der Waals surface area contributed by atoms with Crippen molar-refractivity contribution in [3.05, 3.63) is 43.3 Å². The van der Waals surface area contributed by atoms with Gasteiger partial charge < -0.3 is 28.8 Å². The van der Waals surface area contributed by atoms with Crippen molar-refractivity contribution in [2.75, 3.05) is 0 Å². The Balaban J connectivity index is 2.47. The van der Waals surface area contributed by atoms with E-state index in [1.807, 2.05) is 0 Å². The number of azide groups is 3. The molecular formula is C18H23N9O9. The summed E-state index contributed by atoms with van der Waals surface area (Å²) in [6.07, 6.45) is -6.67. The van der Waals surface area contributed by atoms with Crippen molar-refractivity contribution in [2.24, 2.45) is 15.3 Å². The van der Waals surface area contributed by atoms with E-state index in [0.717, 1.165) is 19.9 Å². The number of carbonyl (C=O) groups excluding carboxylic acids is 3. The molecule has 1 heterocycles. The van der Waals surface area contributed by atoms with Gasteiger partial charge in [-0.3, -0.25) is 14.4 Å². The minimum absolute atomic E-state index is 0.0323. The number of carbonyl (C=O) groups is 3. The van der Waals surface area contributed by atoms with E-state index >= 15 is 0 Å². The highest BCUT2D eigenvalue weighted by atomic mass is 16.8. The Morgan fingerprint density at radius 2 is 1.61 bits per heavy atom. The lowest BCUT2D eigenvalue weighted by Crippen LogP contribution is -2.59. The van der Waals surface area contributed by atoms with Crippen LogP contribution < -0.4 is 0 Å². The number of aliphatic hydroxyl groups is 1. The van der Waals surface area contributed by atoms with Crippen LogP contribution in [-0.4, -0.2) is 71.8 Å². The normalized spacial score (nSPS) is 31.1. The van der Waals surface area contributed by atoms with Crippen LogP contribution in [-0.2, 0) is 38.1 Å². The summed E-state index contributed by atoms with van der Waals surface area (Å²) >= 11 is 0. The first-order chi connectivity index (χ1) is 17.1. The van der Waals surface area contributed by atoms with Crippen LogP contribution in [0.4, 0.5) is 0 Å². The predicted molar refractivity (Wildman–Crippen MR) is 115 cm³/mol. The van der Waals surface area contributed by atoms with Crippen LogP contribution >= 0.6 is 0 Å². The van der Waals surface area contributed by atoms with Crippen LogP contribution in [0.3, 0.4) is 0 Å². The second-order valence-corrected chi connectivity index (χ2v) is 7.51. The van der Waals surface area contributed by atoms with E-state index in [4.69, 9.17) is 40.3 Å². The van der Waals surface area contributed by atoms with Crippen LogP contribution in [0.25, 0.3) is 31.3 Å². The van der Waals surface area contributed by atoms with Crippen molar-refractivity contribution >= 4 is 17.9 Å². The van der Waals surface area contributed by atoms with Crippen molar-refractivity contribution in [3.63, 3.8) is 0 Å². The van der Waals surface area contributed by atoms with Gasteiger partial charge in [-0.2, -0.15) is 0 Å². The fraction of sp³-hybridized carbons (Fsp3) is 0.722.